The molecule has 0 atom stereocenters. The van der Waals surface area contributed by atoms with E-state index in [-0.39, 0.29) is 11.8 Å². The van der Waals surface area contributed by atoms with Crippen molar-refractivity contribution in [2.75, 3.05) is 18.0 Å². The van der Waals surface area contributed by atoms with Gasteiger partial charge in [-0.3, -0.25) is 9.59 Å². The van der Waals surface area contributed by atoms with Crippen molar-refractivity contribution in [3.8, 4) is 0 Å². The number of anilines is 1. The van der Waals surface area contributed by atoms with Crippen LogP contribution in [0.15, 0.2) is 24.3 Å². The highest BCUT2D eigenvalue weighted by Gasteiger charge is 2.33. The number of carbonyl (C=O) groups excluding carboxylic acids is 2. The monoisotopic (exact) mass is 317 g/mol. The first kappa shape index (κ1) is 17.5. The van der Waals surface area contributed by atoms with Crippen LogP contribution in [0.1, 0.15) is 45.1 Å². The summed E-state index contributed by atoms with van der Waals surface area (Å²) in [6.45, 7) is 5.58. The van der Waals surface area contributed by atoms with E-state index in [0.29, 0.717) is 19.5 Å². The van der Waals surface area contributed by atoms with Gasteiger partial charge in [-0.15, -0.1) is 0 Å². The predicted octanol–water partition coefficient (Wildman–Crippen LogP) is 2.19. The van der Waals surface area contributed by atoms with Gasteiger partial charge in [0.05, 0.1) is 5.41 Å². The maximum absolute atomic E-state index is 12.5. The number of carbonyl (C=O) groups is 2. The molecular formula is C18H27N3O2. The standard InChI is InChI=1S/C18H27N3O2/c1-3-18(4-2,13-19)17(23)20-12-14-7-5-8-15(11-14)21-10-6-9-16(21)22/h5,7-8,11H,3-4,6,9-10,12-13,19H2,1-2H3,(H,20,23). The Balaban J connectivity index is 2.04. The van der Waals surface area contributed by atoms with Crippen molar-refractivity contribution in [1.82, 2.24) is 5.32 Å². The second-order valence-electron chi connectivity index (χ2n) is 6.19. The Morgan fingerprint density at radius 3 is 2.65 bits per heavy atom. The van der Waals surface area contributed by atoms with Crippen LogP contribution in [-0.2, 0) is 16.1 Å². The lowest BCUT2D eigenvalue weighted by molar-refractivity contribution is -0.131. The van der Waals surface area contributed by atoms with Gasteiger partial charge in [-0.1, -0.05) is 26.0 Å². The van der Waals surface area contributed by atoms with Crippen molar-refractivity contribution in [1.29, 1.82) is 0 Å². The molecule has 2 rings (SSSR count). The van der Waals surface area contributed by atoms with Crippen LogP contribution in [0.25, 0.3) is 0 Å². The highest BCUT2D eigenvalue weighted by molar-refractivity contribution is 5.95. The van der Waals surface area contributed by atoms with E-state index in [1.165, 1.54) is 0 Å². The van der Waals surface area contributed by atoms with Crippen LogP contribution in [-0.4, -0.2) is 24.9 Å². The third-order valence-corrected chi connectivity index (χ3v) is 4.97. The Morgan fingerprint density at radius 1 is 1.35 bits per heavy atom. The van der Waals surface area contributed by atoms with Crippen LogP contribution in [0.5, 0.6) is 0 Å². The average molecular weight is 317 g/mol. The van der Waals surface area contributed by atoms with E-state index in [9.17, 15) is 9.59 Å². The Morgan fingerprint density at radius 2 is 2.09 bits per heavy atom. The highest BCUT2D eigenvalue weighted by Crippen LogP contribution is 2.26. The van der Waals surface area contributed by atoms with Gasteiger partial charge in [-0.2, -0.15) is 0 Å². The zero-order chi connectivity index (χ0) is 16.9. The number of nitrogens with two attached hydrogens (primary N) is 1. The quantitative estimate of drug-likeness (QED) is 0.809. The Bertz CT molecular complexity index is 559. The molecule has 1 saturated heterocycles. The lowest BCUT2D eigenvalue weighted by atomic mass is 9.81. The number of hydrogen-bond acceptors (Lipinski definition) is 3. The molecule has 0 saturated carbocycles. The molecule has 1 aliphatic rings. The molecule has 0 aromatic heterocycles. The Hall–Kier alpha value is -1.88. The molecule has 0 bridgehead atoms. The zero-order valence-electron chi connectivity index (χ0n) is 14.1. The van der Waals surface area contributed by atoms with E-state index in [4.69, 9.17) is 5.73 Å². The van der Waals surface area contributed by atoms with Gasteiger partial charge in [0.2, 0.25) is 11.8 Å². The largest absolute Gasteiger partial charge is 0.352 e. The third-order valence-electron chi connectivity index (χ3n) is 4.97. The molecule has 3 N–H and O–H groups in total. The average Bonchev–Trinajstić information content (AvgIpc) is 3.01. The normalized spacial score (nSPS) is 15.1. The van der Waals surface area contributed by atoms with Crippen molar-refractivity contribution in [2.45, 2.75) is 46.1 Å². The summed E-state index contributed by atoms with van der Waals surface area (Å²) in [5.74, 6) is 0.179. The minimum absolute atomic E-state index is 0.00709. The molecule has 1 aromatic carbocycles. The van der Waals surface area contributed by atoms with Gasteiger partial charge < -0.3 is 16.0 Å². The van der Waals surface area contributed by atoms with Crippen LogP contribution in [0.3, 0.4) is 0 Å². The first-order chi connectivity index (χ1) is 11.1. The smallest absolute Gasteiger partial charge is 0.227 e. The van der Waals surface area contributed by atoms with Gasteiger partial charge in [0.15, 0.2) is 0 Å². The van der Waals surface area contributed by atoms with Crippen molar-refractivity contribution in [3.05, 3.63) is 29.8 Å². The van der Waals surface area contributed by atoms with Crippen molar-refractivity contribution >= 4 is 17.5 Å². The molecule has 126 valence electrons. The summed E-state index contributed by atoms with van der Waals surface area (Å²) in [5, 5.41) is 3.00. The SMILES string of the molecule is CCC(CC)(CN)C(=O)NCc1cccc(N2CCCC2=O)c1. The Labute approximate surface area is 138 Å². The minimum Gasteiger partial charge on any atom is -0.352 e. The first-order valence-electron chi connectivity index (χ1n) is 8.44. The molecular weight excluding hydrogens is 290 g/mol. The van der Waals surface area contributed by atoms with Crippen molar-refractivity contribution in [3.63, 3.8) is 0 Å². The fourth-order valence-electron chi connectivity index (χ4n) is 3.08. The van der Waals surface area contributed by atoms with Gasteiger partial charge in [-0.05, 0) is 37.0 Å². The van der Waals surface area contributed by atoms with Gasteiger partial charge in [0.1, 0.15) is 0 Å². The van der Waals surface area contributed by atoms with Crippen molar-refractivity contribution in [2.24, 2.45) is 11.1 Å². The van der Waals surface area contributed by atoms with Crippen LogP contribution in [0, 0.1) is 5.41 Å². The van der Waals surface area contributed by atoms with E-state index in [2.05, 4.69) is 5.32 Å². The van der Waals surface area contributed by atoms with Crippen LogP contribution < -0.4 is 16.0 Å². The number of benzene rings is 1. The molecule has 0 spiro atoms. The Kier molecular flexibility index (Phi) is 5.77. The molecule has 1 aromatic rings. The lowest BCUT2D eigenvalue weighted by Gasteiger charge is -2.28. The third kappa shape index (κ3) is 3.72. The molecule has 1 aliphatic heterocycles. The number of amides is 2. The maximum Gasteiger partial charge on any atom is 0.227 e. The lowest BCUT2D eigenvalue weighted by Crippen LogP contribution is -2.45. The molecule has 1 fully saturated rings. The summed E-state index contributed by atoms with van der Waals surface area (Å²) >= 11 is 0. The molecule has 5 heteroatoms. The summed E-state index contributed by atoms with van der Waals surface area (Å²) in [6.07, 6.45) is 2.99. The summed E-state index contributed by atoms with van der Waals surface area (Å²) in [7, 11) is 0. The number of nitrogens with one attached hydrogen (secondary N) is 1. The fraction of sp³-hybridized carbons (Fsp3) is 0.556. The fourth-order valence-corrected chi connectivity index (χ4v) is 3.08. The first-order valence-corrected chi connectivity index (χ1v) is 8.44. The second-order valence-corrected chi connectivity index (χ2v) is 6.19. The molecule has 2 amide bonds. The molecule has 0 radical (unpaired) electrons. The molecule has 1 heterocycles. The van der Waals surface area contributed by atoms with E-state index >= 15 is 0 Å². The second kappa shape index (κ2) is 7.59. The molecule has 5 nitrogen and oxygen atoms in total. The van der Waals surface area contributed by atoms with Gasteiger partial charge in [-0.25, -0.2) is 0 Å². The van der Waals surface area contributed by atoms with Gasteiger partial charge in [0, 0.05) is 31.7 Å². The van der Waals surface area contributed by atoms with E-state index in [0.717, 1.165) is 37.1 Å². The van der Waals surface area contributed by atoms with E-state index in [1.54, 1.807) is 0 Å². The number of nitrogens with zero attached hydrogens (tertiary/aromatic N) is 1. The van der Waals surface area contributed by atoms with E-state index in [1.807, 2.05) is 43.0 Å². The van der Waals surface area contributed by atoms with E-state index < -0.39 is 5.41 Å². The van der Waals surface area contributed by atoms with Crippen molar-refractivity contribution < 1.29 is 9.59 Å². The topological polar surface area (TPSA) is 75.4 Å². The van der Waals surface area contributed by atoms with Crippen LogP contribution in [0.4, 0.5) is 5.69 Å². The molecule has 0 unspecified atom stereocenters. The van der Waals surface area contributed by atoms with Crippen LogP contribution >= 0.6 is 0 Å². The maximum atomic E-state index is 12.5. The number of rotatable bonds is 7. The summed E-state index contributed by atoms with van der Waals surface area (Å²) in [5.41, 5.74) is 7.24. The summed E-state index contributed by atoms with van der Waals surface area (Å²) in [4.78, 5) is 26.1. The van der Waals surface area contributed by atoms with Crippen LogP contribution in [0.2, 0.25) is 0 Å². The number of hydrogen-bond donors (Lipinski definition) is 2. The van der Waals surface area contributed by atoms with Gasteiger partial charge >= 0.3 is 0 Å². The summed E-state index contributed by atoms with van der Waals surface area (Å²) < 4.78 is 0. The predicted molar refractivity (Wildman–Crippen MR) is 91.9 cm³/mol. The highest BCUT2D eigenvalue weighted by atomic mass is 16.2. The zero-order valence-corrected chi connectivity index (χ0v) is 14.1. The molecule has 0 aliphatic carbocycles. The van der Waals surface area contributed by atoms with Gasteiger partial charge in [0.25, 0.3) is 0 Å². The molecule has 23 heavy (non-hydrogen) atoms. The summed E-state index contributed by atoms with van der Waals surface area (Å²) in [6, 6.07) is 7.81. The minimum atomic E-state index is -0.484.